The van der Waals surface area contributed by atoms with E-state index in [1.165, 1.54) is 0 Å². The lowest BCUT2D eigenvalue weighted by Crippen LogP contribution is -2.41. The minimum atomic E-state index is -0.493. The van der Waals surface area contributed by atoms with Gasteiger partial charge in [-0.1, -0.05) is 29.8 Å². The maximum absolute atomic E-state index is 12.4. The highest BCUT2D eigenvalue weighted by atomic mass is 35.5. The Morgan fingerprint density at radius 1 is 1.12 bits per heavy atom. The Morgan fingerprint density at radius 3 is 2.24 bits per heavy atom. The van der Waals surface area contributed by atoms with E-state index in [1.807, 2.05) is 71.6 Å². The van der Waals surface area contributed by atoms with E-state index in [2.05, 4.69) is 0 Å². The fourth-order valence-electron chi connectivity index (χ4n) is 4.93. The largest absolute Gasteiger partial charge is 0.496 e. The second-order valence-electron chi connectivity index (χ2n) is 11.7. The highest BCUT2D eigenvalue weighted by molar-refractivity contribution is 6.65. The van der Waals surface area contributed by atoms with Crippen LogP contribution in [0.25, 0.3) is 0 Å². The van der Waals surface area contributed by atoms with Gasteiger partial charge in [0.05, 0.1) is 23.9 Å². The van der Waals surface area contributed by atoms with Crippen LogP contribution in [0, 0.1) is 11.8 Å². The van der Waals surface area contributed by atoms with E-state index in [4.69, 9.17) is 30.4 Å². The van der Waals surface area contributed by atoms with Gasteiger partial charge in [0.25, 0.3) is 0 Å². The van der Waals surface area contributed by atoms with Gasteiger partial charge in [-0.15, -0.1) is 0 Å². The summed E-state index contributed by atoms with van der Waals surface area (Å²) in [5.74, 6) is 0.933. The number of hydrogen-bond donors (Lipinski definition) is 0. The highest BCUT2D eigenvalue weighted by Gasteiger charge is 2.52. The summed E-state index contributed by atoms with van der Waals surface area (Å²) in [6.45, 7) is 15.8. The number of carbonyl (C=O) groups is 1. The molecule has 2 heterocycles. The predicted molar refractivity (Wildman–Crippen MR) is 130 cm³/mol. The van der Waals surface area contributed by atoms with Gasteiger partial charge < -0.3 is 23.7 Å². The Morgan fingerprint density at radius 2 is 1.70 bits per heavy atom. The Balaban J connectivity index is 1.32. The summed E-state index contributed by atoms with van der Waals surface area (Å²) in [5.41, 5.74) is 0.489. The Bertz CT molecular complexity index is 869. The number of rotatable bonds is 4. The molecule has 0 N–H and O–H groups in total. The van der Waals surface area contributed by atoms with Gasteiger partial charge in [-0.3, -0.25) is 0 Å². The van der Waals surface area contributed by atoms with Crippen LogP contribution in [-0.4, -0.2) is 54.1 Å². The van der Waals surface area contributed by atoms with E-state index in [0.29, 0.717) is 23.5 Å². The molecule has 0 aromatic heterocycles. The van der Waals surface area contributed by atoms with Crippen molar-refractivity contribution in [1.29, 1.82) is 0 Å². The summed E-state index contributed by atoms with van der Waals surface area (Å²) < 4.78 is 24.2. The van der Waals surface area contributed by atoms with E-state index in [0.717, 1.165) is 37.0 Å². The van der Waals surface area contributed by atoms with Crippen LogP contribution >= 0.6 is 11.6 Å². The van der Waals surface area contributed by atoms with Gasteiger partial charge in [-0.2, -0.15) is 0 Å². The Hall–Kier alpha value is -1.28. The van der Waals surface area contributed by atoms with Gasteiger partial charge in [0.2, 0.25) is 0 Å². The number of likely N-dealkylation sites (tertiary alicyclic amines) is 1. The zero-order valence-electron chi connectivity index (χ0n) is 20.9. The molecule has 0 radical (unpaired) electrons. The quantitative estimate of drug-likeness (QED) is 0.583. The number of amides is 1. The Labute approximate surface area is 203 Å². The normalized spacial score (nSPS) is 28.3. The van der Waals surface area contributed by atoms with Crippen LogP contribution in [-0.2, 0) is 25.4 Å². The van der Waals surface area contributed by atoms with Crippen LogP contribution < -0.4 is 5.46 Å². The third-order valence-electron chi connectivity index (χ3n) is 7.45. The fourth-order valence-corrected chi connectivity index (χ4v) is 5.20. The molecule has 1 aromatic carbocycles. The van der Waals surface area contributed by atoms with Crippen molar-refractivity contribution in [2.24, 2.45) is 11.8 Å². The molecular weight excluding hydrogens is 441 g/mol. The van der Waals surface area contributed by atoms with Crippen molar-refractivity contribution >= 4 is 30.3 Å². The van der Waals surface area contributed by atoms with Gasteiger partial charge in [0, 0.05) is 23.6 Å². The van der Waals surface area contributed by atoms with E-state index >= 15 is 0 Å². The first-order valence-corrected chi connectivity index (χ1v) is 12.4. The van der Waals surface area contributed by atoms with Crippen molar-refractivity contribution in [3.8, 4) is 0 Å². The monoisotopic (exact) mass is 477 g/mol. The second kappa shape index (κ2) is 8.74. The minimum Gasteiger partial charge on any atom is -0.444 e. The SMILES string of the molecule is CC(C)(C)OC(=O)N1C[C@H]2C[C@H](OCc3cccc(B4OC(C)(C)C(C)(C)O4)c3Cl)C[C@H]2C1. The second-order valence-corrected chi connectivity index (χ2v) is 12.1. The molecule has 33 heavy (non-hydrogen) atoms. The molecule has 0 spiro atoms. The van der Waals surface area contributed by atoms with E-state index in [9.17, 15) is 4.79 Å². The third-order valence-corrected chi connectivity index (χ3v) is 7.91. The summed E-state index contributed by atoms with van der Waals surface area (Å²) in [6, 6.07) is 5.93. The maximum Gasteiger partial charge on any atom is 0.496 e. The summed E-state index contributed by atoms with van der Waals surface area (Å²) in [4.78, 5) is 14.2. The lowest BCUT2D eigenvalue weighted by Gasteiger charge is -2.32. The van der Waals surface area contributed by atoms with Gasteiger partial charge in [0.15, 0.2) is 0 Å². The standard InChI is InChI=1S/C25H37BClNO5/c1-23(2,3)31-22(29)28-13-17-11-19(12-18(17)14-28)30-15-16-9-8-10-20(21(16)27)26-32-24(4,5)25(6,7)33-26/h8-10,17-19H,11-15H2,1-7H3/t17-,18+,19+. The summed E-state index contributed by atoms with van der Waals surface area (Å²) in [6.07, 6.45) is 1.88. The van der Waals surface area contributed by atoms with Gasteiger partial charge in [0.1, 0.15) is 5.60 Å². The zero-order valence-corrected chi connectivity index (χ0v) is 21.7. The maximum atomic E-state index is 12.4. The first-order valence-electron chi connectivity index (χ1n) is 12.0. The van der Waals surface area contributed by atoms with Crippen LogP contribution in [0.2, 0.25) is 5.02 Å². The topological polar surface area (TPSA) is 57.2 Å². The average molecular weight is 478 g/mol. The number of carbonyl (C=O) groups excluding carboxylic acids is 1. The lowest BCUT2D eigenvalue weighted by atomic mass is 9.78. The molecule has 8 heteroatoms. The van der Waals surface area contributed by atoms with Crippen molar-refractivity contribution in [2.75, 3.05) is 13.1 Å². The molecule has 1 aliphatic carbocycles. The van der Waals surface area contributed by atoms with Crippen molar-refractivity contribution in [3.05, 3.63) is 28.8 Å². The van der Waals surface area contributed by atoms with Crippen molar-refractivity contribution in [1.82, 2.24) is 4.90 Å². The minimum absolute atomic E-state index is 0.178. The molecule has 3 atom stereocenters. The molecule has 2 saturated heterocycles. The molecule has 1 amide bonds. The van der Waals surface area contributed by atoms with E-state index in [-0.39, 0.29) is 12.2 Å². The van der Waals surface area contributed by atoms with Gasteiger partial charge in [-0.05, 0) is 78.7 Å². The summed E-state index contributed by atoms with van der Waals surface area (Å²) in [7, 11) is -0.493. The molecule has 0 bridgehead atoms. The number of benzene rings is 1. The average Bonchev–Trinajstić information content (AvgIpc) is 3.29. The number of ether oxygens (including phenoxy) is 2. The number of nitrogens with zero attached hydrogens (tertiary/aromatic N) is 1. The smallest absolute Gasteiger partial charge is 0.444 e. The zero-order chi connectivity index (χ0) is 24.2. The number of halogens is 1. The third kappa shape index (κ3) is 5.21. The number of hydrogen-bond acceptors (Lipinski definition) is 5. The summed E-state index contributed by atoms with van der Waals surface area (Å²) >= 11 is 6.76. The van der Waals surface area contributed by atoms with Crippen molar-refractivity contribution in [3.63, 3.8) is 0 Å². The molecule has 3 fully saturated rings. The van der Waals surface area contributed by atoms with E-state index < -0.39 is 23.9 Å². The van der Waals surface area contributed by atoms with Crippen LogP contribution in [0.4, 0.5) is 4.79 Å². The molecule has 4 rings (SSSR count). The van der Waals surface area contributed by atoms with Gasteiger partial charge >= 0.3 is 13.2 Å². The molecule has 1 saturated carbocycles. The molecular formula is C25H37BClNO5. The molecule has 2 aliphatic heterocycles. The molecule has 3 aliphatic rings. The summed E-state index contributed by atoms with van der Waals surface area (Å²) in [5, 5.41) is 0.644. The van der Waals surface area contributed by atoms with Crippen molar-refractivity contribution in [2.45, 2.75) is 90.8 Å². The van der Waals surface area contributed by atoms with Gasteiger partial charge in [-0.25, -0.2) is 4.79 Å². The van der Waals surface area contributed by atoms with Crippen LogP contribution in [0.1, 0.15) is 66.9 Å². The molecule has 6 nitrogen and oxygen atoms in total. The lowest BCUT2D eigenvalue weighted by molar-refractivity contribution is 0.00578. The molecule has 0 unspecified atom stereocenters. The van der Waals surface area contributed by atoms with Crippen molar-refractivity contribution < 1.29 is 23.6 Å². The molecule has 1 aromatic rings. The molecule has 182 valence electrons. The van der Waals surface area contributed by atoms with Crippen LogP contribution in [0.3, 0.4) is 0 Å². The number of fused-ring (bicyclic) bond motifs is 1. The van der Waals surface area contributed by atoms with E-state index in [1.54, 1.807) is 0 Å². The first-order chi connectivity index (χ1) is 15.3. The first kappa shape index (κ1) is 24.8. The van der Waals surface area contributed by atoms with Crippen LogP contribution in [0.15, 0.2) is 18.2 Å². The fraction of sp³-hybridized carbons (Fsp3) is 0.720. The Kier molecular flexibility index (Phi) is 6.58. The van der Waals surface area contributed by atoms with Crippen LogP contribution in [0.5, 0.6) is 0 Å². The highest BCUT2D eigenvalue weighted by Crippen LogP contribution is 2.41. The predicted octanol–water partition coefficient (Wildman–Crippen LogP) is 4.80.